The van der Waals surface area contributed by atoms with Gasteiger partial charge in [0.1, 0.15) is 0 Å². The molecule has 158 valence electrons. The average molecular weight is 401 g/mol. The van der Waals surface area contributed by atoms with Crippen molar-refractivity contribution in [3.63, 3.8) is 0 Å². The summed E-state index contributed by atoms with van der Waals surface area (Å²) in [6, 6.07) is 11.0. The Balaban J connectivity index is 1.59. The summed E-state index contributed by atoms with van der Waals surface area (Å²) in [4.78, 5) is 0. The first-order valence-corrected chi connectivity index (χ1v) is 11.1. The lowest BCUT2D eigenvalue weighted by atomic mass is 9.73. The van der Waals surface area contributed by atoms with Crippen molar-refractivity contribution in [2.24, 2.45) is 17.8 Å². The van der Waals surface area contributed by atoms with Gasteiger partial charge in [-0.25, -0.2) is 4.39 Å². The maximum Gasteiger partial charge on any atom is 0.201 e. The Morgan fingerprint density at radius 2 is 1.66 bits per heavy atom. The van der Waals surface area contributed by atoms with Crippen LogP contribution in [0.15, 0.2) is 36.4 Å². The minimum atomic E-state index is -0.933. The average Bonchev–Trinajstić information content (AvgIpc) is 2.75. The van der Waals surface area contributed by atoms with Crippen molar-refractivity contribution in [1.82, 2.24) is 0 Å². The molecule has 0 saturated heterocycles. The first-order valence-electron chi connectivity index (χ1n) is 11.1. The lowest BCUT2D eigenvalue weighted by molar-refractivity contribution is 0.205. The second kappa shape index (κ2) is 10.2. The fourth-order valence-electron chi connectivity index (χ4n) is 4.81. The Morgan fingerprint density at radius 3 is 2.28 bits per heavy atom. The van der Waals surface area contributed by atoms with Crippen molar-refractivity contribution in [3.05, 3.63) is 53.6 Å². The molecule has 0 spiro atoms. The Hall–Kier alpha value is -1.90. The van der Waals surface area contributed by atoms with Gasteiger partial charge in [0.25, 0.3) is 0 Å². The zero-order valence-electron chi connectivity index (χ0n) is 18.0. The number of methoxy groups -OCH3 is 1. The predicted molar refractivity (Wildman–Crippen MR) is 116 cm³/mol. The van der Waals surface area contributed by atoms with Crippen LogP contribution in [0.25, 0.3) is 11.1 Å². The number of ether oxygens (including phenoxy) is 1. The molecule has 0 aromatic heterocycles. The second-order valence-corrected chi connectivity index (χ2v) is 8.74. The van der Waals surface area contributed by atoms with Crippen molar-refractivity contribution >= 4 is 0 Å². The Morgan fingerprint density at radius 1 is 0.966 bits per heavy atom. The molecule has 0 radical (unpaired) electrons. The van der Waals surface area contributed by atoms with Gasteiger partial charge in [-0.05, 0) is 60.3 Å². The van der Waals surface area contributed by atoms with Crippen LogP contribution >= 0.6 is 0 Å². The topological polar surface area (TPSA) is 9.23 Å². The van der Waals surface area contributed by atoms with Gasteiger partial charge < -0.3 is 4.74 Å². The van der Waals surface area contributed by atoms with E-state index in [0.29, 0.717) is 11.5 Å². The maximum absolute atomic E-state index is 14.3. The first-order chi connectivity index (χ1) is 14.0. The second-order valence-electron chi connectivity index (χ2n) is 8.74. The lowest BCUT2D eigenvalue weighted by Gasteiger charge is -2.32. The van der Waals surface area contributed by atoms with E-state index in [9.17, 15) is 8.78 Å². The normalized spacial score (nSPS) is 20.4. The maximum atomic E-state index is 14.3. The predicted octanol–water partition coefficient (Wildman–Crippen LogP) is 7.82. The number of hydrogen-bond donors (Lipinski definition) is 0. The van der Waals surface area contributed by atoms with Crippen molar-refractivity contribution in [2.45, 2.75) is 65.2 Å². The van der Waals surface area contributed by atoms with Crippen molar-refractivity contribution in [2.75, 3.05) is 7.11 Å². The fourth-order valence-corrected chi connectivity index (χ4v) is 4.81. The Labute approximate surface area is 174 Å². The van der Waals surface area contributed by atoms with E-state index in [0.717, 1.165) is 18.3 Å². The Bertz CT molecular complexity index is 776. The third kappa shape index (κ3) is 5.38. The van der Waals surface area contributed by atoms with Gasteiger partial charge in [0.15, 0.2) is 11.6 Å². The lowest BCUT2D eigenvalue weighted by Crippen LogP contribution is -2.21. The molecule has 1 aliphatic rings. The van der Waals surface area contributed by atoms with E-state index in [-0.39, 0.29) is 11.3 Å². The van der Waals surface area contributed by atoms with E-state index in [4.69, 9.17) is 4.74 Å². The van der Waals surface area contributed by atoms with E-state index >= 15 is 0 Å². The molecule has 1 nitrogen and oxygen atoms in total. The fraction of sp³-hybridized carbons (Fsp3) is 0.538. The summed E-state index contributed by atoms with van der Waals surface area (Å²) < 4.78 is 33.2. The summed E-state index contributed by atoms with van der Waals surface area (Å²) in [6.07, 6.45) is 10.6. The van der Waals surface area contributed by atoms with Gasteiger partial charge >= 0.3 is 0 Å². The zero-order valence-corrected chi connectivity index (χ0v) is 18.0. The quantitative estimate of drug-likeness (QED) is 0.439. The molecule has 1 atom stereocenters. The summed E-state index contributed by atoms with van der Waals surface area (Å²) >= 11 is 0. The van der Waals surface area contributed by atoms with E-state index < -0.39 is 11.6 Å². The van der Waals surface area contributed by atoms with Gasteiger partial charge in [-0.3, -0.25) is 0 Å². The van der Waals surface area contributed by atoms with Crippen LogP contribution in [0.4, 0.5) is 8.78 Å². The largest absolute Gasteiger partial charge is 0.494 e. The summed E-state index contributed by atoms with van der Waals surface area (Å²) in [5, 5.41) is 0. The molecule has 0 bridgehead atoms. The molecule has 0 heterocycles. The van der Waals surface area contributed by atoms with Crippen LogP contribution in [-0.2, 0) is 6.42 Å². The van der Waals surface area contributed by atoms with Gasteiger partial charge in [0.2, 0.25) is 5.82 Å². The number of rotatable bonds is 8. The minimum absolute atomic E-state index is 0.0684. The highest BCUT2D eigenvalue weighted by molar-refractivity contribution is 5.65. The van der Waals surface area contributed by atoms with Gasteiger partial charge in [0.05, 0.1) is 7.11 Å². The highest BCUT2D eigenvalue weighted by Gasteiger charge is 2.25. The van der Waals surface area contributed by atoms with Crippen LogP contribution in [0, 0.1) is 29.4 Å². The number of unbranched alkanes of at least 4 members (excludes halogenated alkanes) is 1. The highest BCUT2D eigenvalue weighted by atomic mass is 19.2. The monoisotopic (exact) mass is 400 g/mol. The molecule has 2 aromatic carbocycles. The molecule has 2 aromatic rings. The zero-order chi connectivity index (χ0) is 20.8. The Kier molecular flexibility index (Phi) is 7.69. The molecule has 1 fully saturated rings. The van der Waals surface area contributed by atoms with E-state index in [1.54, 1.807) is 6.07 Å². The smallest absolute Gasteiger partial charge is 0.201 e. The molecule has 3 rings (SSSR count). The number of halogens is 2. The summed E-state index contributed by atoms with van der Waals surface area (Å²) in [5.74, 6) is 0.546. The van der Waals surface area contributed by atoms with Gasteiger partial charge in [-0.2, -0.15) is 4.39 Å². The highest BCUT2D eigenvalue weighted by Crippen LogP contribution is 2.37. The van der Waals surface area contributed by atoms with Gasteiger partial charge in [-0.15, -0.1) is 0 Å². The van der Waals surface area contributed by atoms with Gasteiger partial charge in [0, 0.05) is 5.56 Å². The van der Waals surface area contributed by atoms with Crippen LogP contribution in [-0.4, -0.2) is 7.11 Å². The third-order valence-corrected chi connectivity index (χ3v) is 6.75. The molecule has 0 aliphatic heterocycles. The molecule has 1 aliphatic carbocycles. The van der Waals surface area contributed by atoms with Crippen LogP contribution in [0.5, 0.6) is 5.75 Å². The summed E-state index contributed by atoms with van der Waals surface area (Å²) in [7, 11) is 1.34. The van der Waals surface area contributed by atoms with E-state index in [2.05, 4.69) is 26.0 Å². The minimum Gasteiger partial charge on any atom is -0.494 e. The van der Waals surface area contributed by atoms with Crippen molar-refractivity contribution in [3.8, 4) is 16.9 Å². The molecule has 1 saturated carbocycles. The van der Waals surface area contributed by atoms with Crippen molar-refractivity contribution < 1.29 is 13.5 Å². The van der Waals surface area contributed by atoms with E-state index in [1.807, 2.05) is 12.1 Å². The van der Waals surface area contributed by atoms with Gasteiger partial charge in [-0.1, -0.05) is 70.2 Å². The molecule has 0 N–H and O–H groups in total. The summed E-state index contributed by atoms with van der Waals surface area (Å²) in [6.45, 7) is 4.64. The standard InChI is InChI=1S/C26H34F2O/c1-4-5-6-19-7-11-21(12-8-19)18(2)17-20-9-13-22(14-10-20)23-15-16-24(29-3)26(28)25(23)27/h9-10,13-16,18-19,21H,4-8,11-12,17H2,1-3H3. The summed E-state index contributed by atoms with van der Waals surface area (Å²) in [5.41, 5.74) is 2.23. The number of hydrogen-bond acceptors (Lipinski definition) is 1. The van der Waals surface area contributed by atoms with Crippen LogP contribution in [0.3, 0.4) is 0 Å². The molecular weight excluding hydrogens is 366 g/mol. The van der Waals surface area contributed by atoms with Crippen LogP contribution in [0.2, 0.25) is 0 Å². The number of benzene rings is 2. The molecule has 0 amide bonds. The molecule has 1 unspecified atom stereocenters. The molecular formula is C26H34F2O. The molecule has 29 heavy (non-hydrogen) atoms. The first kappa shape index (κ1) is 21.8. The van der Waals surface area contributed by atoms with Crippen molar-refractivity contribution in [1.29, 1.82) is 0 Å². The van der Waals surface area contributed by atoms with Crippen LogP contribution in [0.1, 0.15) is 64.4 Å². The van der Waals surface area contributed by atoms with Crippen LogP contribution < -0.4 is 4.74 Å². The molecule has 3 heteroatoms. The van der Waals surface area contributed by atoms with E-state index in [1.165, 1.54) is 63.7 Å². The SMILES string of the molecule is CCCCC1CCC(C(C)Cc2ccc(-c3ccc(OC)c(F)c3F)cc2)CC1. The third-order valence-electron chi connectivity index (χ3n) is 6.75.